The van der Waals surface area contributed by atoms with E-state index in [2.05, 4.69) is 10.6 Å². The summed E-state index contributed by atoms with van der Waals surface area (Å²) in [6.07, 6.45) is 0.398. The summed E-state index contributed by atoms with van der Waals surface area (Å²) in [4.78, 5) is 23.6. The molecule has 2 aromatic carbocycles. The first-order chi connectivity index (χ1) is 10.9. The summed E-state index contributed by atoms with van der Waals surface area (Å²) in [7, 11) is 0. The van der Waals surface area contributed by atoms with Crippen LogP contribution in [0.4, 0.5) is 11.4 Å². The van der Waals surface area contributed by atoms with Crippen molar-refractivity contribution < 1.29 is 9.59 Å². The van der Waals surface area contributed by atoms with Gasteiger partial charge in [-0.15, -0.1) is 0 Å². The van der Waals surface area contributed by atoms with Crippen molar-refractivity contribution in [3.63, 3.8) is 0 Å². The maximum Gasteiger partial charge on any atom is 0.255 e. The van der Waals surface area contributed by atoms with Crippen LogP contribution >= 0.6 is 23.2 Å². The third-order valence-electron chi connectivity index (χ3n) is 3.22. The highest BCUT2D eigenvalue weighted by Gasteiger charge is 2.11. The highest BCUT2D eigenvalue weighted by molar-refractivity contribution is 6.36. The van der Waals surface area contributed by atoms with E-state index < -0.39 is 0 Å². The maximum absolute atomic E-state index is 12.3. The average Bonchev–Trinajstić information content (AvgIpc) is 2.52. The van der Waals surface area contributed by atoms with Crippen molar-refractivity contribution in [3.05, 3.63) is 57.6 Å². The molecule has 4 nitrogen and oxygen atoms in total. The van der Waals surface area contributed by atoms with Gasteiger partial charge in [-0.1, -0.05) is 30.1 Å². The summed E-state index contributed by atoms with van der Waals surface area (Å²) in [5.41, 5.74) is 2.34. The van der Waals surface area contributed by atoms with Crippen molar-refractivity contribution >= 4 is 46.4 Å². The third kappa shape index (κ3) is 4.47. The van der Waals surface area contributed by atoms with Gasteiger partial charge in [0.25, 0.3) is 5.91 Å². The first-order valence-electron chi connectivity index (χ1n) is 7.07. The fourth-order valence-electron chi connectivity index (χ4n) is 1.97. The second-order valence-electron chi connectivity index (χ2n) is 5.02. The van der Waals surface area contributed by atoms with Crippen molar-refractivity contribution in [1.82, 2.24) is 0 Å². The Balaban J connectivity index is 2.14. The van der Waals surface area contributed by atoms with Gasteiger partial charge in [-0.05, 0) is 48.9 Å². The first-order valence-corrected chi connectivity index (χ1v) is 7.83. The van der Waals surface area contributed by atoms with Crippen LogP contribution in [0.5, 0.6) is 0 Å². The molecule has 0 aliphatic carbocycles. The summed E-state index contributed by atoms with van der Waals surface area (Å²) in [5.74, 6) is -0.384. The van der Waals surface area contributed by atoms with Crippen molar-refractivity contribution in [2.24, 2.45) is 0 Å². The molecule has 0 aliphatic rings. The summed E-state index contributed by atoms with van der Waals surface area (Å²) in [6.45, 7) is 3.59. The van der Waals surface area contributed by atoms with E-state index in [1.807, 2.05) is 6.92 Å². The van der Waals surface area contributed by atoms with Gasteiger partial charge >= 0.3 is 0 Å². The standard InChI is InChI=1S/C17H16Cl2N2O2/c1-3-15(22)20-13-6-4-11(5-7-13)17(23)21-14-9-12(18)8-10(2)16(14)19/h4-9H,3H2,1-2H3,(H,20,22)(H,21,23). The Kier molecular flexibility index (Phi) is 5.64. The molecular formula is C17H16Cl2N2O2. The minimum Gasteiger partial charge on any atom is -0.326 e. The molecule has 0 unspecified atom stereocenters. The largest absolute Gasteiger partial charge is 0.326 e. The number of halogens is 2. The number of amides is 2. The van der Waals surface area contributed by atoms with Crippen LogP contribution in [0.1, 0.15) is 29.3 Å². The second-order valence-corrected chi connectivity index (χ2v) is 5.83. The fraction of sp³-hybridized carbons (Fsp3) is 0.176. The zero-order chi connectivity index (χ0) is 17.0. The maximum atomic E-state index is 12.3. The summed E-state index contributed by atoms with van der Waals surface area (Å²) in [6, 6.07) is 9.94. The van der Waals surface area contributed by atoms with E-state index in [9.17, 15) is 9.59 Å². The number of anilines is 2. The van der Waals surface area contributed by atoms with Crippen LogP contribution in [0.25, 0.3) is 0 Å². The van der Waals surface area contributed by atoms with E-state index in [-0.39, 0.29) is 11.8 Å². The Morgan fingerprint density at radius 1 is 1.04 bits per heavy atom. The molecule has 23 heavy (non-hydrogen) atoms. The summed E-state index contributed by atoms with van der Waals surface area (Å²) >= 11 is 12.2. The van der Waals surface area contributed by atoms with Crippen LogP contribution in [0.3, 0.4) is 0 Å². The highest BCUT2D eigenvalue weighted by Crippen LogP contribution is 2.30. The molecule has 0 saturated carbocycles. The predicted octanol–water partition coefficient (Wildman–Crippen LogP) is 4.90. The van der Waals surface area contributed by atoms with Gasteiger partial charge in [0.2, 0.25) is 5.91 Å². The number of carbonyl (C=O) groups excluding carboxylic acids is 2. The molecule has 0 bridgehead atoms. The second kappa shape index (κ2) is 7.49. The Hall–Kier alpha value is -2.04. The van der Waals surface area contributed by atoms with Crippen molar-refractivity contribution in [2.75, 3.05) is 10.6 Å². The first kappa shape index (κ1) is 17.3. The molecule has 0 aliphatic heterocycles. The number of carbonyl (C=O) groups is 2. The van der Waals surface area contributed by atoms with Gasteiger partial charge in [-0.2, -0.15) is 0 Å². The van der Waals surface area contributed by atoms with Crippen molar-refractivity contribution in [3.8, 4) is 0 Å². The van der Waals surface area contributed by atoms with Crippen molar-refractivity contribution in [1.29, 1.82) is 0 Å². The zero-order valence-corrected chi connectivity index (χ0v) is 14.3. The van der Waals surface area contributed by atoms with Gasteiger partial charge in [0.1, 0.15) is 0 Å². The molecule has 0 atom stereocenters. The lowest BCUT2D eigenvalue weighted by atomic mass is 10.1. The number of aryl methyl sites for hydroxylation is 1. The average molecular weight is 351 g/mol. The quantitative estimate of drug-likeness (QED) is 0.823. The predicted molar refractivity (Wildman–Crippen MR) is 94.5 cm³/mol. The molecule has 6 heteroatoms. The van der Waals surface area contributed by atoms with Crippen LogP contribution < -0.4 is 10.6 Å². The summed E-state index contributed by atoms with van der Waals surface area (Å²) in [5, 5.41) is 6.41. The zero-order valence-electron chi connectivity index (χ0n) is 12.7. The third-order valence-corrected chi connectivity index (χ3v) is 3.94. The Bertz CT molecular complexity index is 743. The molecule has 120 valence electrons. The normalized spacial score (nSPS) is 10.3. The van der Waals surface area contributed by atoms with Crippen LogP contribution in [-0.2, 0) is 4.79 Å². The number of rotatable bonds is 4. The molecule has 0 saturated heterocycles. The van der Waals surface area contributed by atoms with Gasteiger partial charge in [0.15, 0.2) is 0 Å². The Labute approximate surface area is 144 Å². The number of benzene rings is 2. The van der Waals surface area contributed by atoms with E-state index in [4.69, 9.17) is 23.2 Å². The molecule has 0 fully saturated rings. The van der Waals surface area contributed by atoms with Crippen LogP contribution in [0.2, 0.25) is 10.0 Å². The van der Waals surface area contributed by atoms with Gasteiger partial charge in [0.05, 0.1) is 10.7 Å². The Morgan fingerprint density at radius 3 is 2.30 bits per heavy atom. The van der Waals surface area contributed by atoms with E-state index in [1.165, 1.54) is 0 Å². The minimum atomic E-state index is -0.304. The van der Waals surface area contributed by atoms with E-state index in [0.717, 1.165) is 5.56 Å². The molecule has 2 aromatic rings. The van der Waals surface area contributed by atoms with Crippen LogP contribution in [-0.4, -0.2) is 11.8 Å². The lowest BCUT2D eigenvalue weighted by molar-refractivity contribution is -0.115. The van der Waals surface area contributed by atoms with Gasteiger partial charge in [0, 0.05) is 22.7 Å². The number of nitrogens with one attached hydrogen (secondary N) is 2. The molecule has 0 heterocycles. The number of hydrogen-bond donors (Lipinski definition) is 2. The van der Waals surface area contributed by atoms with Crippen LogP contribution in [0.15, 0.2) is 36.4 Å². The lowest BCUT2D eigenvalue weighted by Crippen LogP contribution is -2.13. The van der Waals surface area contributed by atoms with E-state index in [0.29, 0.717) is 33.4 Å². The van der Waals surface area contributed by atoms with Gasteiger partial charge < -0.3 is 10.6 Å². The Morgan fingerprint density at radius 2 is 1.70 bits per heavy atom. The van der Waals surface area contributed by atoms with Gasteiger partial charge in [-0.25, -0.2) is 0 Å². The molecule has 0 radical (unpaired) electrons. The fourth-order valence-corrected chi connectivity index (χ4v) is 2.39. The van der Waals surface area contributed by atoms with Crippen LogP contribution in [0, 0.1) is 6.92 Å². The smallest absolute Gasteiger partial charge is 0.255 e. The molecule has 0 aromatic heterocycles. The summed E-state index contributed by atoms with van der Waals surface area (Å²) < 4.78 is 0. The van der Waals surface area contributed by atoms with E-state index in [1.54, 1.807) is 43.3 Å². The molecule has 2 N–H and O–H groups in total. The molecule has 0 spiro atoms. The minimum absolute atomic E-state index is 0.0802. The topological polar surface area (TPSA) is 58.2 Å². The highest BCUT2D eigenvalue weighted by atomic mass is 35.5. The molecule has 2 amide bonds. The van der Waals surface area contributed by atoms with E-state index >= 15 is 0 Å². The molecule has 2 rings (SSSR count). The van der Waals surface area contributed by atoms with Crippen molar-refractivity contribution in [2.45, 2.75) is 20.3 Å². The SMILES string of the molecule is CCC(=O)Nc1ccc(C(=O)Nc2cc(Cl)cc(C)c2Cl)cc1. The molecular weight excluding hydrogens is 335 g/mol. The van der Waals surface area contributed by atoms with Gasteiger partial charge in [-0.3, -0.25) is 9.59 Å². The lowest BCUT2D eigenvalue weighted by Gasteiger charge is -2.10. The number of hydrogen-bond acceptors (Lipinski definition) is 2. The monoisotopic (exact) mass is 350 g/mol.